The van der Waals surface area contributed by atoms with Crippen LogP contribution in [0, 0.1) is 0 Å². The van der Waals surface area contributed by atoms with E-state index in [-0.39, 0.29) is 5.95 Å². The highest BCUT2D eigenvalue weighted by molar-refractivity contribution is 5.43. The number of hydrogen-bond acceptors (Lipinski definition) is 5. The van der Waals surface area contributed by atoms with Crippen LogP contribution >= 0.6 is 0 Å². The second kappa shape index (κ2) is 4.48. The fraction of sp³-hybridized carbons (Fsp3) is 0.0909. The molecule has 5 nitrogen and oxygen atoms in total. The first-order valence-corrected chi connectivity index (χ1v) is 4.83. The number of nitrogens with two attached hydrogens (primary N) is 1. The molecule has 0 saturated heterocycles. The standard InChI is InChI=1S/C11H12N4O/c1-13-9-7-10(15-11(12)14-9)16-8-5-3-2-4-6-8/h2-7H,1H3,(H3,12,13,14,15). The van der Waals surface area contributed by atoms with E-state index in [2.05, 4.69) is 15.3 Å². The van der Waals surface area contributed by atoms with Gasteiger partial charge in [0.2, 0.25) is 11.8 Å². The van der Waals surface area contributed by atoms with E-state index in [1.165, 1.54) is 0 Å². The van der Waals surface area contributed by atoms with Gasteiger partial charge in [-0.2, -0.15) is 9.97 Å². The lowest BCUT2D eigenvalue weighted by atomic mass is 10.3. The third-order valence-electron chi connectivity index (χ3n) is 1.94. The van der Waals surface area contributed by atoms with Crippen LogP contribution in [-0.4, -0.2) is 17.0 Å². The van der Waals surface area contributed by atoms with Gasteiger partial charge in [-0.05, 0) is 12.1 Å². The highest BCUT2D eigenvalue weighted by atomic mass is 16.5. The monoisotopic (exact) mass is 216 g/mol. The molecule has 0 fully saturated rings. The van der Waals surface area contributed by atoms with Gasteiger partial charge in [0.25, 0.3) is 0 Å². The van der Waals surface area contributed by atoms with Crippen LogP contribution < -0.4 is 15.8 Å². The molecule has 0 unspecified atom stereocenters. The van der Waals surface area contributed by atoms with Crippen LogP contribution in [0.25, 0.3) is 0 Å². The van der Waals surface area contributed by atoms with E-state index in [4.69, 9.17) is 10.5 Å². The molecule has 0 saturated carbocycles. The zero-order chi connectivity index (χ0) is 11.4. The van der Waals surface area contributed by atoms with Gasteiger partial charge in [-0.1, -0.05) is 18.2 Å². The fourth-order valence-electron chi connectivity index (χ4n) is 1.23. The molecule has 2 rings (SSSR count). The average Bonchev–Trinajstić information content (AvgIpc) is 2.29. The Hall–Kier alpha value is -2.30. The number of aromatic nitrogens is 2. The largest absolute Gasteiger partial charge is 0.439 e. The fourth-order valence-corrected chi connectivity index (χ4v) is 1.23. The maximum absolute atomic E-state index is 5.55. The molecule has 0 aliphatic rings. The van der Waals surface area contributed by atoms with Gasteiger partial charge in [-0.25, -0.2) is 0 Å². The Morgan fingerprint density at radius 1 is 1.19 bits per heavy atom. The Bertz CT molecular complexity index is 473. The lowest BCUT2D eigenvalue weighted by molar-refractivity contribution is 0.463. The summed E-state index contributed by atoms with van der Waals surface area (Å²) in [4.78, 5) is 7.95. The van der Waals surface area contributed by atoms with Crippen molar-refractivity contribution < 1.29 is 4.74 Å². The molecular weight excluding hydrogens is 204 g/mol. The van der Waals surface area contributed by atoms with Crippen molar-refractivity contribution in [3.8, 4) is 11.6 Å². The summed E-state index contributed by atoms with van der Waals surface area (Å²) in [7, 11) is 1.76. The number of ether oxygens (including phenoxy) is 1. The van der Waals surface area contributed by atoms with E-state index in [0.717, 1.165) is 0 Å². The van der Waals surface area contributed by atoms with E-state index in [9.17, 15) is 0 Å². The van der Waals surface area contributed by atoms with Crippen LogP contribution in [0.4, 0.5) is 11.8 Å². The summed E-state index contributed by atoms with van der Waals surface area (Å²) in [5, 5.41) is 2.88. The van der Waals surface area contributed by atoms with Gasteiger partial charge in [0.1, 0.15) is 11.6 Å². The average molecular weight is 216 g/mol. The number of rotatable bonds is 3. The summed E-state index contributed by atoms with van der Waals surface area (Å²) in [6, 6.07) is 11.1. The van der Waals surface area contributed by atoms with Gasteiger partial charge in [0, 0.05) is 13.1 Å². The van der Waals surface area contributed by atoms with E-state index >= 15 is 0 Å². The van der Waals surface area contributed by atoms with Crippen LogP contribution in [0.3, 0.4) is 0 Å². The molecular formula is C11H12N4O. The van der Waals surface area contributed by atoms with Crippen LogP contribution in [0.5, 0.6) is 11.6 Å². The van der Waals surface area contributed by atoms with Crippen molar-refractivity contribution in [2.24, 2.45) is 0 Å². The maximum Gasteiger partial charge on any atom is 0.226 e. The van der Waals surface area contributed by atoms with Crippen molar-refractivity contribution in [2.45, 2.75) is 0 Å². The molecule has 1 aromatic carbocycles. The quantitative estimate of drug-likeness (QED) is 0.819. The van der Waals surface area contributed by atoms with Crippen LogP contribution in [0.2, 0.25) is 0 Å². The molecule has 0 atom stereocenters. The third kappa shape index (κ3) is 2.38. The molecule has 5 heteroatoms. The minimum Gasteiger partial charge on any atom is -0.439 e. The second-order valence-electron chi connectivity index (χ2n) is 3.11. The van der Waals surface area contributed by atoms with Gasteiger partial charge in [-0.3, -0.25) is 0 Å². The van der Waals surface area contributed by atoms with Crippen molar-refractivity contribution in [2.75, 3.05) is 18.1 Å². The van der Waals surface area contributed by atoms with Crippen LogP contribution in [0.15, 0.2) is 36.4 Å². The summed E-state index contributed by atoms with van der Waals surface area (Å²) in [5.41, 5.74) is 5.55. The molecule has 0 bridgehead atoms. The second-order valence-corrected chi connectivity index (χ2v) is 3.11. The molecule has 0 radical (unpaired) electrons. The topological polar surface area (TPSA) is 73.1 Å². The number of benzene rings is 1. The maximum atomic E-state index is 5.55. The first-order chi connectivity index (χ1) is 7.78. The SMILES string of the molecule is CNc1cc(Oc2ccccc2)nc(N)n1. The molecule has 2 aromatic rings. The third-order valence-corrected chi connectivity index (χ3v) is 1.94. The van der Waals surface area contributed by atoms with E-state index in [1.807, 2.05) is 30.3 Å². The molecule has 0 spiro atoms. The Balaban J connectivity index is 2.24. The number of nitrogen functional groups attached to an aromatic ring is 1. The van der Waals surface area contributed by atoms with Crippen LogP contribution in [0.1, 0.15) is 0 Å². The summed E-state index contributed by atoms with van der Waals surface area (Å²) >= 11 is 0. The van der Waals surface area contributed by atoms with Gasteiger partial charge in [0.15, 0.2) is 0 Å². The zero-order valence-electron chi connectivity index (χ0n) is 8.84. The number of nitrogens with one attached hydrogen (secondary N) is 1. The van der Waals surface area contributed by atoms with E-state index in [0.29, 0.717) is 17.4 Å². The molecule has 1 aromatic heterocycles. The van der Waals surface area contributed by atoms with Gasteiger partial charge in [0.05, 0.1) is 0 Å². The number of hydrogen-bond donors (Lipinski definition) is 2. The first kappa shape index (κ1) is 10.2. The predicted molar refractivity (Wildman–Crippen MR) is 62.5 cm³/mol. The number of anilines is 2. The van der Waals surface area contributed by atoms with Gasteiger partial charge in [-0.15, -0.1) is 0 Å². The van der Waals surface area contributed by atoms with E-state index < -0.39 is 0 Å². The van der Waals surface area contributed by atoms with Crippen molar-refractivity contribution in [1.29, 1.82) is 0 Å². The summed E-state index contributed by atoms with van der Waals surface area (Å²) in [5.74, 6) is 1.93. The van der Waals surface area contributed by atoms with Crippen LogP contribution in [-0.2, 0) is 0 Å². The molecule has 0 aliphatic carbocycles. The summed E-state index contributed by atoms with van der Waals surface area (Å²) in [6.07, 6.45) is 0. The summed E-state index contributed by atoms with van der Waals surface area (Å²) in [6.45, 7) is 0. The predicted octanol–water partition coefficient (Wildman–Crippen LogP) is 1.89. The number of para-hydroxylation sites is 1. The molecule has 1 heterocycles. The lowest BCUT2D eigenvalue weighted by Crippen LogP contribution is -2.01. The summed E-state index contributed by atoms with van der Waals surface area (Å²) < 4.78 is 5.53. The normalized spacial score (nSPS) is 9.81. The first-order valence-electron chi connectivity index (χ1n) is 4.83. The number of nitrogens with zero attached hydrogens (tertiary/aromatic N) is 2. The van der Waals surface area contributed by atoms with Crippen molar-refractivity contribution in [3.63, 3.8) is 0 Å². The molecule has 16 heavy (non-hydrogen) atoms. The molecule has 0 amide bonds. The van der Waals surface area contributed by atoms with Crippen molar-refractivity contribution in [3.05, 3.63) is 36.4 Å². The molecule has 3 N–H and O–H groups in total. The highest BCUT2D eigenvalue weighted by Crippen LogP contribution is 2.21. The Kier molecular flexibility index (Phi) is 2.86. The minimum atomic E-state index is 0.179. The Morgan fingerprint density at radius 3 is 2.62 bits per heavy atom. The van der Waals surface area contributed by atoms with Crippen molar-refractivity contribution >= 4 is 11.8 Å². The Morgan fingerprint density at radius 2 is 1.94 bits per heavy atom. The van der Waals surface area contributed by atoms with Gasteiger partial charge < -0.3 is 15.8 Å². The van der Waals surface area contributed by atoms with Crippen molar-refractivity contribution in [1.82, 2.24) is 9.97 Å². The van der Waals surface area contributed by atoms with E-state index in [1.54, 1.807) is 13.1 Å². The minimum absolute atomic E-state index is 0.179. The lowest BCUT2D eigenvalue weighted by Gasteiger charge is -2.06. The zero-order valence-corrected chi connectivity index (χ0v) is 8.84. The van der Waals surface area contributed by atoms with Gasteiger partial charge >= 0.3 is 0 Å². The molecule has 82 valence electrons. The molecule has 0 aliphatic heterocycles. The highest BCUT2D eigenvalue weighted by Gasteiger charge is 2.02. The Labute approximate surface area is 93.3 Å². The smallest absolute Gasteiger partial charge is 0.226 e.